The molecule has 1 heterocycles. The van der Waals surface area contributed by atoms with Crippen LogP contribution in [-0.4, -0.2) is 9.97 Å². The van der Waals surface area contributed by atoms with Gasteiger partial charge in [0.1, 0.15) is 6.33 Å². The van der Waals surface area contributed by atoms with Crippen LogP contribution in [0.5, 0.6) is 0 Å². The van der Waals surface area contributed by atoms with Gasteiger partial charge in [0.15, 0.2) is 0 Å². The Balaban J connectivity index is 2.00. The minimum absolute atomic E-state index is 0.789. The number of aromatic nitrogens is 2. The van der Waals surface area contributed by atoms with Crippen molar-refractivity contribution in [1.82, 2.24) is 9.97 Å². The molecule has 24 heavy (non-hydrogen) atoms. The third-order valence-corrected chi connectivity index (χ3v) is 4.14. The van der Waals surface area contributed by atoms with Crippen LogP contribution in [0.4, 0.5) is 5.69 Å². The number of aryl methyl sites for hydroxylation is 2. The number of rotatable bonds is 5. The Bertz CT molecular complexity index is 897. The van der Waals surface area contributed by atoms with Crippen LogP contribution in [0.2, 0.25) is 0 Å². The molecule has 0 aliphatic carbocycles. The molecule has 0 amide bonds. The van der Waals surface area contributed by atoms with Crippen molar-refractivity contribution >= 4 is 16.6 Å². The first-order valence-electron chi connectivity index (χ1n) is 8.31. The minimum atomic E-state index is 0.789. The standard InChI is InChI=1S/C21H23N3/c1-5-16-9-15(4)21-19(11-16)22-13-23-20(21)12-17-7-6-8-18(10-17)24-14(2)3/h6-11,13,24H,2,5,12H2,1,3-4H3. The lowest BCUT2D eigenvalue weighted by Crippen LogP contribution is -1.99. The summed E-state index contributed by atoms with van der Waals surface area (Å²) in [4.78, 5) is 9.03. The SMILES string of the molecule is C=C(C)Nc1cccc(Cc2ncnc3cc(CC)cc(C)c23)c1. The van der Waals surface area contributed by atoms with Crippen LogP contribution in [0, 0.1) is 6.92 Å². The lowest BCUT2D eigenvalue weighted by Gasteiger charge is -2.11. The number of fused-ring (bicyclic) bond motifs is 1. The van der Waals surface area contributed by atoms with Crippen molar-refractivity contribution in [2.75, 3.05) is 5.32 Å². The zero-order valence-corrected chi connectivity index (χ0v) is 14.6. The summed E-state index contributed by atoms with van der Waals surface area (Å²) in [7, 11) is 0. The lowest BCUT2D eigenvalue weighted by atomic mass is 9.99. The van der Waals surface area contributed by atoms with E-state index < -0.39 is 0 Å². The highest BCUT2D eigenvalue weighted by molar-refractivity contribution is 5.85. The van der Waals surface area contributed by atoms with Gasteiger partial charge in [-0.05, 0) is 55.2 Å². The van der Waals surface area contributed by atoms with Crippen LogP contribution in [-0.2, 0) is 12.8 Å². The highest BCUT2D eigenvalue weighted by atomic mass is 14.9. The van der Waals surface area contributed by atoms with Gasteiger partial charge in [-0.15, -0.1) is 0 Å². The Morgan fingerprint density at radius 1 is 1.12 bits per heavy atom. The molecule has 3 rings (SSSR count). The van der Waals surface area contributed by atoms with Gasteiger partial charge in [0.2, 0.25) is 0 Å². The average Bonchev–Trinajstić information content (AvgIpc) is 2.54. The number of hydrogen-bond donors (Lipinski definition) is 1. The van der Waals surface area contributed by atoms with Gasteiger partial charge in [-0.25, -0.2) is 9.97 Å². The van der Waals surface area contributed by atoms with Crippen LogP contribution < -0.4 is 5.32 Å². The van der Waals surface area contributed by atoms with E-state index >= 15 is 0 Å². The molecule has 0 radical (unpaired) electrons. The fourth-order valence-electron chi connectivity index (χ4n) is 3.08. The maximum absolute atomic E-state index is 4.56. The Hall–Kier alpha value is -2.68. The van der Waals surface area contributed by atoms with E-state index in [1.165, 1.54) is 22.1 Å². The summed E-state index contributed by atoms with van der Waals surface area (Å²) in [5.74, 6) is 0. The molecule has 0 atom stereocenters. The molecule has 0 aliphatic rings. The van der Waals surface area contributed by atoms with E-state index in [0.717, 1.165) is 35.4 Å². The lowest BCUT2D eigenvalue weighted by molar-refractivity contribution is 1.05. The molecule has 1 N–H and O–H groups in total. The minimum Gasteiger partial charge on any atom is -0.360 e. The van der Waals surface area contributed by atoms with E-state index in [4.69, 9.17) is 0 Å². The van der Waals surface area contributed by atoms with E-state index in [-0.39, 0.29) is 0 Å². The Morgan fingerprint density at radius 3 is 2.71 bits per heavy atom. The Labute approximate surface area is 143 Å². The molecule has 0 saturated carbocycles. The zero-order chi connectivity index (χ0) is 17.1. The molecule has 3 nitrogen and oxygen atoms in total. The molecule has 0 aliphatic heterocycles. The van der Waals surface area contributed by atoms with Gasteiger partial charge in [0, 0.05) is 23.2 Å². The number of allylic oxidation sites excluding steroid dienone is 1. The third kappa shape index (κ3) is 3.46. The van der Waals surface area contributed by atoms with Gasteiger partial charge >= 0.3 is 0 Å². The zero-order valence-electron chi connectivity index (χ0n) is 14.6. The van der Waals surface area contributed by atoms with Crippen LogP contribution in [0.1, 0.15) is 36.2 Å². The summed E-state index contributed by atoms with van der Waals surface area (Å²) in [6.07, 6.45) is 3.48. The fraction of sp³-hybridized carbons (Fsp3) is 0.238. The van der Waals surface area contributed by atoms with Crippen molar-refractivity contribution in [3.8, 4) is 0 Å². The topological polar surface area (TPSA) is 37.8 Å². The molecule has 0 saturated heterocycles. The van der Waals surface area contributed by atoms with Crippen molar-refractivity contribution in [2.24, 2.45) is 0 Å². The van der Waals surface area contributed by atoms with Crippen molar-refractivity contribution in [3.63, 3.8) is 0 Å². The average molecular weight is 317 g/mol. The molecule has 0 bridgehead atoms. The molecule has 0 spiro atoms. The van der Waals surface area contributed by atoms with E-state index in [0.29, 0.717) is 0 Å². The van der Waals surface area contributed by atoms with E-state index in [1.54, 1.807) is 6.33 Å². The summed E-state index contributed by atoms with van der Waals surface area (Å²) in [5, 5.41) is 4.44. The highest BCUT2D eigenvalue weighted by Crippen LogP contribution is 2.24. The van der Waals surface area contributed by atoms with E-state index in [9.17, 15) is 0 Å². The molecule has 3 heteroatoms. The highest BCUT2D eigenvalue weighted by Gasteiger charge is 2.09. The number of hydrogen-bond acceptors (Lipinski definition) is 3. The van der Waals surface area contributed by atoms with Crippen molar-refractivity contribution in [1.29, 1.82) is 0 Å². The van der Waals surface area contributed by atoms with E-state index in [2.05, 4.69) is 72.1 Å². The van der Waals surface area contributed by atoms with Crippen molar-refractivity contribution < 1.29 is 0 Å². The summed E-state index contributed by atoms with van der Waals surface area (Å²) in [5.41, 5.74) is 7.89. The summed E-state index contributed by atoms with van der Waals surface area (Å²) in [6, 6.07) is 12.8. The molecule has 3 aromatic rings. The quantitative estimate of drug-likeness (QED) is 0.716. The van der Waals surface area contributed by atoms with Gasteiger partial charge in [-0.3, -0.25) is 0 Å². The molecule has 2 aromatic carbocycles. The smallest absolute Gasteiger partial charge is 0.116 e. The Kier molecular flexibility index (Phi) is 4.61. The van der Waals surface area contributed by atoms with Crippen LogP contribution >= 0.6 is 0 Å². The van der Waals surface area contributed by atoms with Crippen LogP contribution in [0.3, 0.4) is 0 Å². The first-order valence-corrected chi connectivity index (χ1v) is 8.31. The molecule has 0 unspecified atom stereocenters. The first-order chi connectivity index (χ1) is 11.6. The van der Waals surface area contributed by atoms with Crippen LogP contribution in [0.15, 0.2) is 55.0 Å². The monoisotopic (exact) mass is 317 g/mol. The number of nitrogens with zero attached hydrogens (tertiary/aromatic N) is 2. The molecular weight excluding hydrogens is 294 g/mol. The molecule has 1 aromatic heterocycles. The molecule has 0 fully saturated rings. The Morgan fingerprint density at radius 2 is 1.96 bits per heavy atom. The number of nitrogens with one attached hydrogen (secondary N) is 1. The summed E-state index contributed by atoms with van der Waals surface area (Å²) in [6.45, 7) is 10.2. The number of anilines is 1. The normalized spacial score (nSPS) is 10.8. The third-order valence-electron chi connectivity index (χ3n) is 4.14. The maximum atomic E-state index is 4.56. The predicted octanol–water partition coefficient (Wildman–Crippen LogP) is 5.04. The molecular formula is C21H23N3. The van der Waals surface area contributed by atoms with Gasteiger partial charge < -0.3 is 5.32 Å². The largest absolute Gasteiger partial charge is 0.360 e. The predicted molar refractivity (Wildman–Crippen MR) is 101 cm³/mol. The van der Waals surface area contributed by atoms with E-state index in [1.807, 2.05) is 6.92 Å². The van der Waals surface area contributed by atoms with Crippen LogP contribution in [0.25, 0.3) is 10.9 Å². The fourth-order valence-corrected chi connectivity index (χ4v) is 3.08. The van der Waals surface area contributed by atoms with Gasteiger partial charge in [0.05, 0.1) is 11.2 Å². The van der Waals surface area contributed by atoms with Gasteiger partial charge in [-0.2, -0.15) is 0 Å². The summed E-state index contributed by atoms with van der Waals surface area (Å²) < 4.78 is 0. The number of benzene rings is 2. The summed E-state index contributed by atoms with van der Waals surface area (Å²) >= 11 is 0. The maximum Gasteiger partial charge on any atom is 0.116 e. The second kappa shape index (κ2) is 6.83. The van der Waals surface area contributed by atoms with Gasteiger partial charge in [-0.1, -0.05) is 31.7 Å². The van der Waals surface area contributed by atoms with Gasteiger partial charge in [0.25, 0.3) is 0 Å². The van der Waals surface area contributed by atoms with Crippen molar-refractivity contribution in [2.45, 2.75) is 33.6 Å². The molecule has 122 valence electrons. The second-order valence-electron chi connectivity index (χ2n) is 6.26. The first kappa shape index (κ1) is 16.2. The van der Waals surface area contributed by atoms with Crippen molar-refractivity contribution in [3.05, 3.63) is 77.4 Å². The second-order valence-corrected chi connectivity index (χ2v) is 6.26.